The van der Waals surface area contributed by atoms with Gasteiger partial charge < -0.3 is 9.64 Å². The zero-order valence-corrected chi connectivity index (χ0v) is 20.2. The molecule has 6 nitrogen and oxygen atoms in total. The van der Waals surface area contributed by atoms with E-state index in [0.717, 1.165) is 54.8 Å². The lowest BCUT2D eigenvalue weighted by molar-refractivity contribution is 0.0132. The number of nitrogens with zero attached hydrogens (tertiary/aromatic N) is 3. The van der Waals surface area contributed by atoms with Gasteiger partial charge >= 0.3 is 6.09 Å². The number of aromatic nitrogens is 2. The first-order valence-electron chi connectivity index (χ1n) is 10.8. The normalized spacial score (nSPS) is 21.0. The van der Waals surface area contributed by atoms with E-state index in [2.05, 4.69) is 62.0 Å². The first kappa shape index (κ1) is 21.6. The van der Waals surface area contributed by atoms with Crippen LogP contribution in [0.5, 0.6) is 0 Å². The fourth-order valence-corrected chi connectivity index (χ4v) is 4.85. The summed E-state index contributed by atoms with van der Waals surface area (Å²) in [6, 6.07) is 6.57. The van der Waals surface area contributed by atoms with Crippen LogP contribution in [0.15, 0.2) is 24.3 Å². The quantitative estimate of drug-likeness (QED) is 0.583. The first-order valence-corrected chi connectivity index (χ1v) is 11.9. The molecule has 4 rings (SSSR count). The molecule has 1 aromatic carbocycles. The van der Waals surface area contributed by atoms with E-state index < -0.39 is 5.60 Å². The topological polar surface area (TPSA) is 61.5 Å². The Hall–Kier alpha value is -1.61. The third kappa shape index (κ3) is 5.17. The third-order valence-corrected chi connectivity index (χ3v) is 6.76. The molecule has 1 fully saturated rings. The van der Waals surface area contributed by atoms with Crippen LogP contribution in [0.25, 0.3) is 16.5 Å². The van der Waals surface area contributed by atoms with Gasteiger partial charge in [0.05, 0.1) is 5.52 Å². The molecular formula is C23H31IN4O2. The highest BCUT2D eigenvalue weighted by molar-refractivity contribution is 14.1. The summed E-state index contributed by atoms with van der Waals surface area (Å²) in [5, 5.41) is 8.59. The highest BCUT2D eigenvalue weighted by Gasteiger charge is 2.27. The molecular weight excluding hydrogens is 491 g/mol. The van der Waals surface area contributed by atoms with Gasteiger partial charge in [0.25, 0.3) is 0 Å². The van der Waals surface area contributed by atoms with E-state index in [1.54, 1.807) is 0 Å². The molecule has 7 heteroatoms. The molecule has 2 aliphatic rings. The number of carbonyl (C=O) groups excluding carboxylic acids is 1. The van der Waals surface area contributed by atoms with Crippen molar-refractivity contribution in [3.8, 4) is 0 Å². The maximum Gasteiger partial charge on any atom is 0.410 e. The number of carbonyl (C=O) groups is 1. The Morgan fingerprint density at radius 1 is 1.27 bits per heavy atom. The van der Waals surface area contributed by atoms with Crippen LogP contribution in [0.1, 0.15) is 45.6 Å². The van der Waals surface area contributed by atoms with Crippen LogP contribution in [-0.2, 0) is 4.74 Å². The second kappa shape index (κ2) is 8.86. The second-order valence-electron chi connectivity index (χ2n) is 9.41. The number of amides is 1. The molecule has 1 atom stereocenters. The van der Waals surface area contributed by atoms with Gasteiger partial charge in [0, 0.05) is 38.1 Å². The number of halogens is 1. The van der Waals surface area contributed by atoms with Crippen molar-refractivity contribution in [3.05, 3.63) is 33.5 Å². The molecule has 1 saturated heterocycles. The fraction of sp³-hybridized carbons (Fsp3) is 0.565. The summed E-state index contributed by atoms with van der Waals surface area (Å²) < 4.78 is 6.60. The van der Waals surface area contributed by atoms with E-state index in [-0.39, 0.29) is 6.09 Å². The monoisotopic (exact) mass is 522 g/mol. The summed E-state index contributed by atoms with van der Waals surface area (Å²) in [6.07, 6.45) is 5.72. The van der Waals surface area contributed by atoms with Crippen molar-refractivity contribution >= 4 is 45.2 Å². The molecule has 1 aliphatic carbocycles. The summed E-state index contributed by atoms with van der Waals surface area (Å²) in [6.45, 7) is 10.2. The predicted octanol–water partition coefficient (Wildman–Crippen LogP) is 4.90. The number of piperazine rings is 1. The maximum atomic E-state index is 12.2. The molecule has 0 radical (unpaired) electrons. The van der Waals surface area contributed by atoms with Crippen LogP contribution < -0.4 is 0 Å². The third-order valence-electron chi connectivity index (χ3n) is 5.94. The molecule has 30 heavy (non-hydrogen) atoms. The Labute approximate surface area is 192 Å². The zero-order valence-electron chi connectivity index (χ0n) is 18.1. The van der Waals surface area contributed by atoms with E-state index in [0.29, 0.717) is 5.92 Å². The molecule has 2 aromatic rings. The van der Waals surface area contributed by atoms with Gasteiger partial charge in [-0.2, -0.15) is 5.10 Å². The Kier molecular flexibility index (Phi) is 6.39. The number of hydrogen-bond donors (Lipinski definition) is 1. The van der Waals surface area contributed by atoms with Gasteiger partial charge in [-0.1, -0.05) is 12.1 Å². The summed E-state index contributed by atoms with van der Waals surface area (Å²) in [4.78, 5) is 16.6. The van der Waals surface area contributed by atoms with Crippen LogP contribution in [0.3, 0.4) is 0 Å². The fourth-order valence-electron chi connectivity index (χ4n) is 4.30. The molecule has 0 bridgehead atoms. The molecule has 0 spiro atoms. The molecule has 1 aliphatic heterocycles. The summed E-state index contributed by atoms with van der Waals surface area (Å²) in [7, 11) is 0. The van der Waals surface area contributed by atoms with Gasteiger partial charge in [-0.3, -0.25) is 10.00 Å². The highest BCUT2D eigenvalue weighted by atomic mass is 127. The molecule has 1 aromatic heterocycles. The molecule has 1 unspecified atom stereocenters. The lowest BCUT2D eigenvalue weighted by Crippen LogP contribution is -2.50. The van der Waals surface area contributed by atoms with Crippen molar-refractivity contribution in [3.63, 3.8) is 0 Å². The van der Waals surface area contributed by atoms with Crippen molar-refractivity contribution in [2.24, 2.45) is 5.92 Å². The minimum absolute atomic E-state index is 0.184. The van der Waals surface area contributed by atoms with Gasteiger partial charge in [0.15, 0.2) is 0 Å². The van der Waals surface area contributed by atoms with Gasteiger partial charge in [-0.05, 0) is 91.8 Å². The lowest BCUT2D eigenvalue weighted by atomic mass is 9.86. The van der Waals surface area contributed by atoms with E-state index in [1.807, 2.05) is 25.7 Å². The van der Waals surface area contributed by atoms with Gasteiger partial charge in [0.1, 0.15) is 9.30 Å². The number of allylic oxidation sites excluding steroid dienone is 2. The van der Waals surface area contributed by atoms with Crippen LogP contribution in [0.4, 0.5) is 4.79 Å². The first-order chi connectivity index (χ1) is 14.3. The minimum atomic E-state index is -0.430. The second-order valence-corrected chi connectivity index (χ2v) is 10.5. The molecule has 2 heterocycles. The number of aromatic amines is 1. The van der Waals surface area contributed by atoms with Crippen molar-refractivity contribution < 1.29 is 9.53 Å². The number of nitrogens with one attached hydrogen (secondary N) is 1. The van der Waals surface area contributed by atoms with Crippen LogP contribution in [-0.4, -0.2) is 64.4 Å². The smallest absolute Gasteiger partial charge is 0.410 e. The number of rotatable bonds is 3. The molecule has 1 N–H and O–H groups in total. The number of hydrogen-bond acceptors (Lipinski definition) is 4. The van der Waals surface area contributed by atoms with Crippen molar-refractivity contribution in [1.29, 1.82) is 0 Å². The van der Waals surface area contributed by atoms with Crippen LogP contribution in [0, 0.1) is 9.62 Å². The number of fused-ring (bicyclic) bond motifs is 1. The van der Waals surface area contributed by atoms with Gasteiger partial charge in [-0.15, -0.1) is 0 Å². The Morgan fingerprint density at radius 2 is 2.03 bits per heavy atom. The minimum Gasteiger partial charge on any atom is -0.444 e. The van der Waals surface area contributed by atoms with E-state index in [4.69, 9.17) is 4.74 Å². The van der Waals surface area contributed by atoms with Crippen LogP contribution in [0.2, 0.25) is 0 Å². The molecule has 1 amide bonds. The summed E-state index contributed by atoms with van der Waals surface area (Å²) >= 11 is 2.31. The van der Waals surface area contributed by atoms with E-state index in [1.165, 1.54) is 22.9 Å². The van der Waals surface area contributed by atoms with E-state index >= 15 is 0 Å². The van der Waals surface area contributed by atoms with Crippen LogP contribution >= 0.6 is 22.6 Å². The van der Waals surface area contributed by atoms with Gasteiger partial charge in [-0.25, -0.2) is 4.79 Å². The van der Waals surface area contributed by atoms with Crippen molar-refractivity contribution in [2.75, 3.05) is 32.7 Å². The SMILES string of the molecule is CC(C)(C)OC(=O)N1CCN(CC2CC=C(c3ccc4n[nH]c(I)c4c3)CC2)CC1. The average Bonchev–Trinajstić information content (AvgIpc) is 3.08. The molecule has 0 saturated carbocycles. The largest absolute Gasteiger partial charge is 0.444 e. The number of H-pyrrole nitrogens is 1. The summed E-state index contributed by atoms with van der Waals surface area (Å²) in [5.41, 5.74) is 3.38. The highest BCUT2D eigenvalue weighted by Crippen LogP contribution is 2.32. The Morgan fingerprint density at radius 3 is 2.70 bits per heavy atom. The van der Waals surface area contributed by atoms with Crippen molar-refractivity contribution in [1.82, 2.24) is 20.0 Å². The Balaban J connectivity index is 1.28. The standard InChI is InChI=1S/C23H31IN4O2/c1-23(2,3)30-22(29)28-12-10-27(11-13-28)15-16-4-6-17(7-5-16)18-8-9-20-19(14-18)21(24)26-25-20/h6,8-9,14,16H,4-5,7,10-13,15H2,1-3H3,(H,25,26). The predicted molar refractivity (Wildman–Crippen MR) is 128 cm³/mol. The number of benzene rings is 1. The number of ether oxygens (including phenoxy) is 1. The van der Waals surface area contributed by atoms with Crippen molar-refractivity contribution in [2.45, 2.75) is 45.6 Å². The van der Waals surface area contributed by atoms with E-state index in [9.17, 15) is 4.79 Å². The lowest BCUT2D eigenvalue weighted by Gasteiger charge is -2.37. The van der Waals surface area contributed by atoms with Gasteiger partial charge in [0.2, 0.25) is 0 Å². The molecule has 162 valence electrons. The zero-order chi connectivity index (χ0) is 21.3. The Bertz CT molecular complexity index is 938. The average molecular weight is 522 g/mol. The summed E-state index contributed by atoms with van der Waals surface area (Å²) in [5.74, 6) is 0.694. The maximum absolute atomic E-state index is 12.2.